The van der Waals surface area contributed by atoms with Crippen LogP contribution in [0, 0.1) is 6.92 Å². The van der Waals surface area contributed by atoms with E-state index in [1.165, 1.54) is 11.3 Å². The Morgan fingerprint density at radius 2 is 2.04 bits per heavy atom. The first-order chi connectivity index (χ1) is 11.0. The van der Waals surface area contributed by atoms with Gasteiger partial charge in [-0.05, 0) is 48.6 Å². The Bertz CT molecular complexity index is 709. The lowest BCUT2D eigenvalue weighted by molar-refractivity contribution is 0.304. The number of rotatable bonds is 9. The predicted octanol–water partition coefficient (Wildman–Crippen LogP) is 4.10. The SMILES string of the molecule is CCCCCOc1ccc(S(=O)(=O)NCc2cccs2)cc1C. The third-order valence-electron chi connectivity index (χ3n) is 3.48. The van der Waals surface area contributed by atoms with Gasteiger partial charge in [-0.3, -0.25) is 0 Å². The molecule has 1 N–H and O–H groups in total. The molecule has 0 bridgehead atoms. The normalized spacial score (nSPS) is 11.6. The van der Waals surface area contributed by atoms with Gasteiger partial charge in [0.1, 0.15) is 5.75 Å². The van der Waals surface area contributed by atoms with Crippen LogP contribution in [0.4, 0.5) is 0 Å². The van der Waals surface area contributed by atoms with Crippen molar-refractivity contribution >= 4 is 21.4 Å². The molecule has 1 aromatic carbocycles. The van der Waals surface area contributed by atoms with E-state index in [4.69, 9.17) is 4.74 Å². The first kappa shape index (κ1) is 18.0. The summed E-state index contributed by atoms with van der Waals surface area (Å²) >= 11 is 1.53. The fourth-order valence-corrected chi connectivity index (χ4v) is 3.98. The highest BCUT2D eigenvalue weighted by Gasteiger charge is 2.15. The quantitative estimate of drug-likeness (QED) is 0.690. The van der Waals surface area contributed by atoms with Crippen LogP contribution in [-0.4, -0.2) is 15.0 Å². The van der Waals surface area contributed by atoms with Crippen molar-refractivity contribution in [1.29, 1.82) is 0 Å². The molecule has 23 heavy (non-hydrogen) atoms. The zero-order valence-corrected chi connectivity index (χ0v) is 15.2. The van der Waals surface area contributed by atoms with Gasteiger partial charge in [0.25, 0.3) is 0 Å². The summed E-state index contributed by atoms with van der Waals surface area (Å²) in [6.07, 6.45) is 3.30. The van der Waals surface area contributed by atoms with E-state index in [0.29, 0.717) is 13.2 Å². The molecule has 0 radical (unpaired) electrons. The summed E-state index contributed by atoms with van der Waals surface area (Å²) in [7, 11) is -3.50. The average molecular weight is 354 g/mol. The highest BCUT2D eigenvalue weighted by molar-refractivity contribution is 7.89. The summed E-state index contributed by atoms with van der Waals surface area (Å²) in [6.45, 7) is 4.99. The fraction of sp³-hybridized carbons (Fsp3) is 0.412. The van der Waals surface area contributed by atoms with E-state index in [9.17, 15) is 8.42 Å². The molecule has 0 fully saturated rings. The molecule has 126 valence electrons. The molecule has 0 amide bonds. The molecule has 0 saturated carbocycles. The van der Waals surface area contributed by atoms with E-state index in [2.05, 4.69) is 11.6 Å². The molecular formula is C17H23NO3S2. The summed E-state index contributed by atoms with van der Waals surface area (Å²) in [5, 5.41) is 1.93. The Kier molecular flexibility index (Phi) is 6.62. The highest BCUT2D eigenvalue weighted by Crippen LogP contribution is 2.22. The molecule has 0 aliphatic carbocycles. The van der Waals surface area contributed by atoms with Crippen LogP contribution in [-0.2, 0) is 16.6 Å². The fourth-order valence-electron chi connectivity index (χ4n) is 2.15. The molecule has 0 saturated heterocycles. The second-order valence-corrected chi connectivity index (χ2v) is 8.19. The monoisotopic (exact) mass is 353 g/mol. The largest absolute Gasteiger partial charge is 0.493 e. The maximum absolute atomic E-state index is 12.3. The molecular weight excluding hydrogens is 330 g/mol. The predicted molar refractivity (Wildman–Crippen MR) is 94.5 cm³/mol. The minimum absolute atomic E-state index is 0.271. The molecule has 4 nitrogen and oxygen atoms in total. The number of nitrogens with one attached hydrogen (secondary N) is 1. The summed E-state index contributed by atoms with van der Waals surface area (Å²) in [5.41, 5.74) is 0.834. The van der Waals surface area contributed by atoms with Gasteiger partial charge in [-0.15, -0.1) is 11.3 Å². The van der Waals surface area contributed by atoms with E-state index in [-0.39, 0.29) is 4.90 Å². The zero-order chi connectivity index (χ0) is 16.7. The number of aryl methyl sites for hydroxylation is 1. The van der Waals surface area contributed by atoms with Gasteiger partial charge >= 0.3 is 0 Å². The Balaban J connectivity index is 2.00. The molecule has 0 unspecified atom stereocenters. The molecule has 1 aromatic heterocycles. The molecule has 2 rings (SSSR count). The van der Waals surface area contributed by atoms with Crippen LogP contribution in [0.25, 0.3) is 0 Å². The minimum Gasteiger partial charge on any atom is -0.493 e. The molecule has 0 aliphatic rings. The second kappa shape index (κ2) is 8.47. The van der Waals surface area contributed by atoms with Crippen LogP contribution in [0.15, 0.2) is 40.6 Å². The summed E-state index contributed by atoms with van der Waals surface area (Å²) in [5.74, 6) is 0.748. The summed E-state index contributed by atoms with van der Waals surface area (Å²) < 4.78 is 33.0. The maximum atomic E-state index is 12.3. The van der Waals surface area contributed by atoms with Gasteiger partial charge in [-0.25, -0.2) is 13.1 Å². The zero-order valence-electron chi connectivity index (χ0n) is 13.5. The topological polar surface area (TPSA) is 55.4 Å². The van der Waals surface area contributed by atoms with Crippen LogP contribution in [0.5, 0.6) is 5.75 Å². The lowest BCUT2D eigenvalue weighted by Gasteiger charge is -2.11. The lowest BCUT2D eigenvalue weighted by atomic mass is 10.2. The van der Waals surface area contributed by atoms with E-state index < -0.39 is 10.0 Å². The van der Waals surface area contributed by atoms with Gasteiger partial charge in [-0.2, -0.15) is 0 Å². The van der Waals surface area contributed by atoms with Gasteiger partial charge in [0.2, 0.25) is 10.0 Å². The molecule has 0 atom stereocenters. The van der Waals surface area contributed by atoms with Crippen molar-refractivity contribution in [3.63, 3.8) is 0 Å². The summed E-state index contributed by atoms with van der Waals surface area (Å²) in [4.78, 5) is 1.26. The average Bonchev–Trinajstić information content (AvgIpc) is 3.04. The van der Waals surface area contributed by atoms with Crippen molar-refractivity contribution in [2.24, 2.45) is 0 Å². The molecule has 2 aromatic rings. The number of hydrogen-bond donors (Lipinski definition) is 1. The van der Waals surface area contributed by atoms with E-state index in [1.807, 2.05) is 24.4 Å². The molecule has 6 heteroatoms. The van der Waals surface area contributed by atoms with Crippen LogP contribution >= 0.6 is 11.3 Å². The highest BCUT2D eigenvalue weighted by atomic mass is 32.2. The van der Waals surface area contributed by atoms with Crippen LogP contribution in [0.1, 0.15) is 36.6 Å². The van der Waals surface area contributed by atoms with Crippen molar-refractivity contribution in [2.75, 3.05) is 6.61 Å². The Morgan fingerprint density at radius 3 is 2.70 bits per heavy atom. The van der Waals surface area contributed by atoms with Crippen molar-refractivity contribution in [3.8, 4) is 5.75 Å². The molecule has 1 heterocycles. The van der Waals surface area contributed by atoms with Crippen LogP contribution in [0.2, 0.25) is 0 Å². The summed E-state index contributed by atoms with van der Waals surface area (Å²) in [6, 6.07) is 8.81. The van der Waals surface area contributed by atoms with Gasteiger partial charge in [0.15, 0.2) is 0 Å². The van der Waals surface area contributed by atoms with Crippen molar-refractivity contribution < 1.29 is 13.2 Å². The van der Waals surface area contributed by atoms with Crippen molar-refractivity contribution in [1.82, 2.24) is 4.72 Å². The number of hydrogen-bond acceptors (Lipinski definition) is 4. The Labute approximate surface area is 142 Å². The number of thiophene rings is 1. The van der Waals surface area contributed by atoms with Crippen LogP contribution in [0.3, 0.4) is 0 Å². The molecule has 0 aliphatic heterocycles. The maximum Gasteiger partial charge on any atom is 0.240 e. The number of benzene rings is 1. The minimum atomic E-state index is -3.50. The number of ether oxygens (including phenoxy) is 1. The number of unbranched alkanes of at least 4 members (excludes halogenated alkanes) is 2. The number of sulfonamides is 1. The van der Waals surface area contributed by atoms with E-state index >= 15 is 0 Å². The smallest absolute Gasteiger partial charge is 0.240 e. The second-order valence-electron chi connectivity index (χ2n) is 5.39. The van der Waals surface area contributed by atoms with E-state index in [0.717, 1.165) is 35.5 Å². The first-order valence-corrected chi connectivity index (χ1v) is 10.1. The van der Waals surface area contributed by atoms with Crippen LogP contribution < -0.4 is 9.46 Å². The Morgan fingerprint density at radius 1 is 1.22 bits per heavy atom. The molecule has 0 spiro atoms. The van der Waals surface area contributed by atoms with Crippen molar-refractivity contribution in [2.45, 2.75) is 44.6 Å². The third kappa shape index (κ3) is 5.34. The van der Waals surface area contributed by atoms with Gasteiger partial charge in [0, 0.05) is 11.4 Å². The van der Waals surface area contributed by atoms with Gasteiger partial charge in [-0.1, -0.05) is 25.8 Å². The Hall–Kier alpha value is -1.37. The first-order valence-electron chi connectivity index (χ1n) is 7.78. The van der Waals surface area contributed by atoms with Crippen molar-refractivity contribution in [3.05, 3.63) is 46.2 Å². The van der Waals surface area contributed by atoms with Gasteiger partial charge < -0.3 is 4.74 Å². The standard InChI is InChI=1S/C17H23NO3S2/c1-3-4-5-10-21-17-9-8-16(12-14(17)2)23(19,20)18-13-15-7-6-11-22-15/h6-9,11-12,18H,3-5,10,13H2,1-2H3. The van der Waals surface area contributed by atoms with E-state index in [1.54, 1.807) is 18.2 Å². The third-order valence-corrected chi connectivity index (χ3v) is 5.75. The van der Waals surface area contributed by atoms with Gasteiger partial charge in [0.05, 0.1) is 11.5 Å². The lowest BCUT2D eigenvalue weighted by Crippen LogP contribution is -2.22.